The summed E-state index contributed by atoms with van der Waals surface area (Å²) in [5, 5.41) is 22.9. The molecule has 2 N–H and O–H groups in total. The summed E-state index contributed by atoms with van der Waals surface area (Å²) >= 11 is 3.53. The second-order valence-corrected chi connectivity index (χ2v) is 13.7. The molecule has 1 aromatic heterocycles. The van der Waals surface area contributed by atoms with Gasteiger partial charge in [0, 0.05) is 28.1 Å². The molecular weight excluding hydrogens is 590 g/mol. The summed E-state index contributed by atoms with van der Waals surface area (Å²) < 4.78 is 60.0. The number of rotatable bonds is 4. The summed E-state index contributed by atoms with van der Waals surface area (Å²) in [6.45, 7) is 13.6. The fourth-order valence-corrected chi connectivity index (χ4v) is 6.07. The Balaban J connectivity index is 0.000000593. The maximum absolute atomic E-state index is 15.0. The molecule has 0 bridgehead atoms. The lowest BCUT2D eigenvalue weighted by molar-refractivity contribution is -0.137. The van der Waals surface area contributed by atoms with Crippen LogP contribution in [-0.2, 0) is 17.3 Å². The highest BCUT2D eigenvalue weighted by atomic mass is 32.1. The van der Waals surface area contributed by atoms with Gasteiger partial charge in [0.15, 0.2) is 0 Å². The van der Waals surface area contributed by atoms with E-state index >= 15 is 4.39 Å². The predicted octanol–water partition coefficient (Wildman–Crippen LogP) is 9.39. The number of halogens is 4. The zero-order valence-electron chi connectivity index (χ0n) is 27.1. The molecule has 2 aliphatic carbocycles. The van der Waals surface area contributed by atoms with E-state index in [0.717, 1.165) is 49.1 Å². The van der Waals surface area contributed by atoms with Crippen LogP contribution in [0.5, 0.6) is 0 Å². The Morgan fingerprint density at radius 2 is 1.77 bits per heavy atom. The Morgan fingerprint density at radius 3 is 2.23 bits per heavy atom. The molecule has 9 heteroatoms. The quantitative estimate of drug-likeness (QED) is 0.230. The highest BCUT2D eigenvalue weighted by Crippen LogP contribution is 2.55. The first-order chi connectivity index (χ1) is 20.6. The second-order valence-electron chi connectivity index (χ2n) is 13.7. The molecule has 1 saturated carbocycles. The van der Waals surface area contributed by atoms with Crippen LogP contribution in [0.4, 0.5) is 17.6 Å². The van der Waals surface area contributed by atoms with E-state index in [1.807, 2.05) is 19.9 Å². The standard InChI is InChI=1S/C28H31F4NO3.C6H14.CH4S/c1-15(2)25-24(26(35)18-5-4-17(12-19(18)29)28(30,31)32)22(16-6-10-36-11-7-16)23-20(33-25)13-27(8-3-9-27)14-21(23)34;1-5-6(2,3)4;1-2/h4-6,12,15,21,26,34-35H,3,7-11,13-14H2,1-2H3;5H2,1-4H3;2H,1H3. The molecule has 44 heavy (non-hydrogen) atoms. The van der Waals surface area contributed by atoms with Crippen LogP contribution in [0.2, 0.25) is 0 Å². The molecule has 5 rings (SSSR count). The molecule has 3 aliphatic rings. The average Bonchev–Trinajstić information content (AvgIpc) is 2.95. The first-order valence-corrected chi connectivity index (χ1v) is 16.5. The van der Waals surface area contributed by atoms with Crippen LogP contribution >= 0.6 is 12.6 Å². The Morgan fingerprint density at radius 1 is 1.14 bits per heavy atom. The number of hydrogen-bond donors (Lipinski definition) is 3. The van der Waals surface area contributed by atoms with E-state index in [1.165, 1.54) is 6.42 Å². The Hall–Kier alpha value is -1.94. The van der Waals surface area contributed by atoms with Crippen molar-refractivity contribution < 1.29 is 32.5 Å². The van der Waals surface area contributed by atoms with Crippen molar-refractivity contribution in [2.24, 2.45) is 10.8 Å². The monoisotopic (exact) mass is 639 g/mol. The van der Waals surface area contributed by atoms with Gasteiger partial charge in [-0.2, -0.15) is 25.8 Å². The summed E-state index contributed by atoms with van der Waals surface area (Å²) in [4.78, 5) is 4.95. The maximum atomic E-state index is 15.0. The van der Waals surface area contributed by atoms with Crippen molar-refractivity contribution in [3.05, 3.63) is 69.3 Å². The van der Waals surface area contributed by atoms with Crippen LogP contribution in [0, 0.1) is 16.6 Å². The van der Waals surface area contributed by atoms with Gasteiger partial charge in [-0.15, -0.1) is 0 Å². The third-order valence-electron chi connectivity index (χ3n) is 9.08. The SMILES string of the molecule is CC(C)c1nc2c(c(C3=CCOCC3)c1C(O)c1ccc(C(F)(F)F)cc1F)C(O)CC1(CCC1)C2.CCC(C)(C)C.CS. The minimum atomic E-state index is -4.69. The van der Waals surface area contributed by atoms with Crippen molar-refractivity contribution in [1.82, 2.24) is 4.98 Å². The van der Waals surface area contributed by atoms with E-state index < -0.39 is 29.8 Å². The number of nitrogens with zero attached hydrogens (tertiary/aromatic N) is 1. The van der Waals surface area contributed by atoms with Crippen molar-refractivity contribution in [1.29, 1.82) is 0 Å². The smallest absolute Gasteiger partial charge is 0.388 e. The zero-order valence-corrected chi connectivity index (χ0v) is 28.0. The lowest BCUT2D eigenvalue weighted by atomic mass is 9.59. The predicted molar refractivity (Wildman–Crippen MR) is 171 cm³/mol. The highest BCUT2D eigenvalue weighted by Gasteiger charge is 2.46. The Kier molecular flexibility index (Phi) is 12.2. The van der Waals surface area contributed by atoms with Gasteiger partial charge in [0.25, 0.3) is 0 Å². The van der Waals surface area contributed by atoms with Crippen LogP contribution in [0.3, 0.4) is 0 Å². The molecule has 2 unspecified atom stereocenters. The Bertz CT molecular complexity index is 1310. The van der Waals surface area contributed by atoms with Gasteiger partial charge in [-0.1, -0.05) is 66.5 Å². The van der Waals surface area contributed by atoms with E-state index in [-0.39, 0.29) is 16.9 Å². The van der Waals surface area contributed by atoms with Crippen molar-refractivity contribution in [3.63, 3.8) is 0 Å². The normalized spacial score (nSPS) is 20.0. The topological polar surface area (TPSA) is 62.6 Å². The van der Waals surface area contributed by atoms with Gasteiger partial charge >= 0.3 is 6.18 Å². The van der Waals surface area contributed by atoms with Gasteiger partial charge < -0.3 is 14.9 Å². The number of ether oxygens (including phenoxy) is 1. The molecule has 2 atom stereocenters. The number of aromatic nitrogens is 1. The van der Waals surface area contributed by atoms with Gasteiger partial charge in [0.2, 0.25) is 0 Å². The van der Waals surface area contributed by atoms with Crippen LogP contribution in [0.15, 0.2) is 24.3 Å². The van der Waals surface area contributed by atoms with Gasteiger partial charge in [-0.05, 0) is 78.4 Å². The summed E-state index contributed by atoms with van der Waals surface area (Å²) in [7, 11) is 0. The number of benzene rings is 1. The van der Waals surface area contributed by atoms with Crippen LogP contribution in [0.1, 0.15) is 137 Å². The molecule has 0 radical (unpaired) electrons. The van der Waals surface area contributed by atoms with Gasteiger partial charge in [-0.25, -0.2) is 4.39 Å². The molecular formula is C35H49F4NO3S. The fraction of sp³-hybridized carbons (Fsp3) is 0.629. The third-order valence-corrected chi connectivity index (χ3v) is 9.08. The number of pyridine rings is 1. The van der Waals surface area contributed by atoms with Crippen molar-refractivity contribution in [2.45, 2.75) is 111 Å². The van der Waals surface area contributed by atoms with Crippen LogP contribution in [0.25, 0.3) is 5.57 Å². The molecule has 2 heterocycles. The van der Waals surface area contributed by atoms with Crippen molar-refractivity contribution in [3.8, 4) is 0 Å². The molecule has 1 aliphatic heterocycles. The van der Waals surface area contributed by atoms with E-state index in [1.54, 1.807) is 6.26 Å². The molecule has 0 saturated heterocycles. The second kappa shape index (κ2) is 14.7. The highest BCUT2D eigenvalue weighted by molar-refractivity contribution is 7.79. The molecule has 1 fully saturated rings. The van der Waals surface area contributed by atoms with Gasteiger partial charge in [-0.3, -0.25) is 4.98 Å². The number of aliphatic hydroxyl groups is 2. The molecule has 246 valence electrons. The molecule has 4 nitrogen and oxygen atoms in total. The average molecular weight is 640 g/mol. The number of fused-ring (bicyclic) bond motifs is 1. The van der Waals surface area contributed by atoms with Crippen molar-refractivity contribution in [2.75, 3.05) is 19.5 Å². The minimum absolute atomic E-state index is 0.0364. The lowest BCUT2D eigenvalue weighted by Gasteiger charge is -2.47. The summed E-state index contributed by atoms with van der Waals surface area (Å²) in [5.41, 5.74) is 3.15. The zero-order chi connectivity index (χ0) is 33.0. The first-order valence-electron chi connectivity index (χ1n) is 15.6. The fourth-order valence-electron chi connectivity index (χ4n) is 6.07. The van der Waals surface area contributed by atoms with Crippen molar-refractivity contribution >= 4 is 18.2 Å². The summed E-state index contributed by atoms with van der Waals surface area (Å²) in [6, 6.07) is 2.20. The van der Waals surface area contributed by atoms with E-state index in [0.29, 0.717) is 59.9 Å². The summed E-state index contributed by atoms with van der Waals surface area (Å²) in [6.07, 6.45) is 2.92. The van der Waals surface area contributed by atoms with Gasteiger partial charge in [0.05, 0.1) is 24.9 Å². The first kappa shape index (κ1) is 36.5. The maximum Gasteiger partial charge on any atom is 0.416 e. The largest absolute Gasteiger partial charge is 0.416 e. The van der Waals surface area contributed by atoms with Crippen LogP contribution in [-0.4, -0.2) is 34.7 Å². The number of thiol groups is 1. The van der Waals surface area contributed by atoms with Crippen LogP contribution < -0.4 is 0 Å². The minimum Gasteiger partial charge on any atom is -0.388 e. The molecule has 1 aromatic carbocycles. The number of hydrogen-bond acceptors (Lipinski definition) is 5. The number of aliphatic hydroxyl groups excluding tert-OH is 2. The molecule has 1 spiro atoms. The van der Waals surface area contributed by atoms with Gasteiger partial charge in [0.1, 0.15) is 11.9 Å². The molecule has 2 aromatic rings. The summed E-state index contributed by atoms with van der Waals surface area (Å²) in [5.74, 6) is -1.28. The number of alkyl halides is 3. The van der Waals surface area contributed by atoms with E-state index in [2.05, 4.69) is 40.3 Å². The Labute approximate surface area is 265 Å². The van der Waals surface area contributed by atoms with E-state index in [4.69, 9.17) is 9.72 Å². The third kappa shape index (κ3) is 8.25. The lowest BCUT2D eigenvalue weighted by Crippen LogP contribution is -2.39. The van der Waals surface area contributed by atoms with E-state index in [9.17, 15) is 23.4 Å². The molecule has 0 amide bonds.